The fourth-order valence-electron chi connectivity index (χ4n) is 1.63. The standard InChI is InChI=1S/C11H12FNO2/c12-10-2-1-3-11-9(10)4-5-13(11)6-8(15)7-14/h1-5,8,14-15H,6-7H2. The highest BCUT2D eigenvalue weighted by molar-refractivity contribution is 5.80. The molecule has 0 saturated heterocycles. The van der Waals surface area contributed by atoms with E-state index in [4.69, 9.17) is 5.11 Å². The van der Waals surface area contributed by atoms with Crippen LogP contribution in [0.2, 0.25) is 0 Å². The van der Waals surface area contributed by atoms with Crippen LogP contribution in [0.15, 0.2) is 30.5 Å². The monoisotopic (exact) mass is 209 g/mol. The Bertz CT molecular complexity index is 467. The second kappa shape index (κ2) is 4.00. The molecule has 2 rings (SSSR count). The predicted molar refractivity (Wildman–Crippen MR) is 55.0 cm³/mol. The lowest BCUT2D eigenvalue weighted by Crippen LogP contribution is -2.19. The van der Waals surface area contributed by atoms with E-state index in [0.717, 1.165) is 5.52 Å². The normalized spacial score (nSPS) is 13.3. The molecule has 0 aliphatic heterocycles. The molecule has 0 amide bonds. The summed E-state index contributed by atoms with van der Waals surface area (Å²) in [5.74, 6) is -0.273. The molecular formula is C11H12FNO2. The lowest BCUT2D eigenvalue weighted by molar-refractivity contribution is 0.0822. The number of rotatable bonds is 3. The molecule has 0 saturated carbocycles. The fraction of sp³-hybridized carbons (Fsp3) is 0.273. The van der Waals surface area contributed by atoms with Crippen molar-refractivity contribution in [3.63, 3.8) is 0 Å². The van der Waals surface area contributed by atoms with Crippen molar-refractivity contribution < 1.29 is 14.6 Å². The van der Waals surface area contributed by atoms with Gasteiger partial charge in [0.1, 0.15) is 5.82 Å². The summed E-state index contributed by atoms with van der Waals surface area (Å²) in [4.78, 5) is 0. The number of hydrogen-bond acceptors (Lipinski definition) is 2. The van der Waals surface area contributed by atoms with Crippen molar-refractivity contribution in [1.29, 1.82) is 0 Å². The van der Waals surface area contributed by atoms with Crippen molar-refractivity contribution in [2.24, 2.45) is 0 Å². The molecule has 1 unspecified atom stereocenters. The average Bonchev–Trinajstić information content (AvgIpc) is 2.63. The van der Waals surface area contributed by atoms with Crippen LogP contribution in [-0.2, 0) is 6.54 Å². The molecule has 0 aliphatic rings. The van der Waals surface area contributed by atoms with Crippen molar-refractivity contribution in [2.45, 2.75) is 12.6 Å². The van der Waals surface area contributed by atoms with Crippen LogP contribution in [0.5, 0.6) is 0 Å². The predicted octanol–water partition coefficient (Wildman–Crippen LogP) is 1.13. The first-order valence-electron chi connectivity index (χ1n) is 4.74. The number of benzene rings is 1. The first-order valence-corrected chi connectivity index (χ1v) is 4.74. The molecule has 1 aromatic heterocycles. The van der Waals surface area contributed by atoms with Gasteiger partial charge in [-0.3, -0.25) is 0 Å². The van der Waals surface area contributed by atoms with E-state index in [1.165, 1.54) is 6.07 Å². The summed E-state index contributed by atoms with van der Waals surface area (Å²) >= 11 is 0. The molecule has 0 bridgehead atoms. The molecule has 2 aromatic rings. The maximum atomic E-state index is 13.3. The van der Waals surface area contributed by atoms with Crippen molar-refractivity contribution in [3.8, 4) is 0 Å². The molecule has 0 spiro atoms. The highest BCUT2D eigenvalue weighted by atomic mass is 19.1. The fourth-order valence-corrected chi connectivity index (χ4v) is 1.63. The van der Waals surface area contributed by atoms with Gasteiger partial charge in [0.2, 0.25) is 0 Å². The van der Waals surface area contributed by atoms with Gasteiger partial charge < -0.3 is 14.8 Å². The summed E-state index contributed by atoms with van der Waals surface area (Å²) < 4.78 is 15.0. The Morgan fingerprint density at radius 3 is 2.87 bits per heavy atom. The Morgan fingerprint density at radius 2 is 2.13 bits per heavy atom. The van der Waals surface area contributed by atoms with Gasteiger partial charge in [0.05, 0.1) is 24.8 Å². The van der Waals surface area contributed by atoms with Crippen LogP contribution in [0.25, 0.3) is 10.9 Å². The van der Waals surface area contributed by atoms with E-state index in [0.29, 0.717) is 5.39 Å². The lowest BCUT2D eigenvalue weighted by Gasteiger charge is -2.09. The smallest absolute Gasteiger partial charge is 0.132 e. The molecule has 4 heteroatoms. The molecule has 15 heavy (non-hydrogen) atoms. The maximum absolute atomic E-state index is 13.3. The number of fused-ring (bicyclic) bond motifs is 1. The van der Waals surface area contributed by atoms with Crippen LogP contribution in [0, 0.1) is 5.82 Å². The molecule has 1 heterocycles. The van der Waals surface area contributed by atoms with Crippen LogP contribution < -0.4 is 0 Å². The first kappa shape index (κ1) is 10.1. The molecule has 0 aliphatic carbocycles. The third kappa shape index (κ3) is 1.86. The topological polar surface area (TPSA) is 45.4 Å². The number of aliphatic hydroxyl groups is 2. The third-order valence-electron chi connectivity index (χ3n) is 2.38. The van der Waals surface area contributed by atoms with Crippen molar-refractivity contribution in [1.82, 2.24) is 4.57 Å². The molecule has 2 N–H and O–H groups in total. The van der Waals surface area contributed by atoms with E-state index in [1.54, 1.807) is 29.0 Å². The van der Waals surface area contributed by atoms with Crippen molar-refractivity contribution in [3.05, 3.63) is 36.3 Å². The first-order chi connectivity index (χ1) is 7.22. The zero-order chi connectivity index (χ0) is 10.8. The van der Waals surface area contributed by atoms with Gasteiger partial charge in [-0.05, 0) is 18.2 Å². The van der Waals surface area contributed by atoms with E-state index >= 15 is 0 Å². The van der Waals surface area contributed by atoms with E-state index in [2.05, 4.69) is 0 Å². The minimum atomic E-state index is -0.816. The molecule has 80 valence electrons. The van der Waals surface area contributed by atoms with Crippen LogP contribution in [0.1, 0.15) is 0 Å². The van der Waals surface area contributed by atoms with E-state index in [9.17, 15) is 9.50 Å². The molecule has 1 atom stereocenters. The third-order valence-corrected chi connectivity index (χ3v) is 2.38. The molecule has 1 aromatic carbocycles. The summed E-state index contributed by atoms with van der Waals surface area (Å²) in [5.41, 5.74) is 0.725. The molecule has 3 nitrogen and oxygen atoms in total. The minimum Gasteiger partial charge on any atom is -0.394 e. The minimum absolute atomic E-state index is 0.267. The maximum Gasteiger partial charge on any atom is 0.132 e. The highest BCUT2D eigenvalue weighted by Gasteiger charge is 2.08. The Balaban J connectivity index is 2.41. The second-order valence-electron chi connectivity index (χ2n) is 3.48. The van der Waals surface area contributed by atoms with Crippen LogP contribution in [0.4, 0.5) is 4.39 Å². The summed E-state index contributed by atoms with van der Waals surface area (Å²) in [7, 11) is 0. The van der Waals surface area contributed by atoms with Gasteiger partial charge >= 0.3 is 0 Å². The number of aliphatic hydroxyl groups excluding tert-OH is 2. The van der Waals surface area contributed by atoms with Crippen LogP contribution in [-0.4, -0.2) is 27.5 Å². The molecular weight excluding hydrogens is 197 g/mol. The highest BCUT2D eigenvalue weighted by Crippen LogP contribution is 2.19. The SMILES string of the molecule is OCC(O)Cn1ccc2c(F)cccc21. The zero-order valence-electron chi connectivity index (χ0n) is 8.10. The Kier molecular flexibility index (Phi) is 2.70. The van der Waals surface area contributed by atoms with E-state index < -0.39 is 6.10 Å². The van der Waals surface area contributed by atoms with Gasteiger partial charge in [-0.2, -0.15) is 0 Å². The quantitative estimate of drug-likeness (QED) is 0.796. The summed E-state index contributed by atoms with van der Waals surface area (Å²) in [6.07, 6.45) is 0.885. The Labute approximate surface area is 86.4 Å². The summed E-state index contributed by atoms with van der Waals surface area (Å²) in [6.45, 7) is -0.0293. The number of halogens is 1. The molecule has 0 fully saturated rings. The Morgan fingerprint density at radius 1 is 1.33 bits per heavy atom. The van der Waals surface area contributed by atoms with Crippen LogP contribution >= 0.6 is 0 Å². The Hall–Kier alpha value is -1.39. The zero-order valence-corrected chi connectivity index (χ0v) is 8.10. The second-order valence-corrected chi connectivity index (χ2v) is 3.48. The van der Waals surface area contributed by atoms with E-state index in [1.807, 2.05) is 0 Å². The summed E-state index contributed by atoms with van der Waals surface area (Å²) in [6, 6.07) is 6.46. The van der Waals surface area contributed by atoms with Gasteiger partial charge in [-0.25, -0.2) is 4.39 Å². The van der Waals surface area contributed by atoms with Gasteiger partial charge in [0.25, 0.3) is 0 Å². The van der Waals surface area contributed by atoms with Gasteiger partial charge in [-0.15, -0.1) is 0 Å². The lowest BCUT2D eigenvalue weighted by atomic mass is 10.2. The number of nitrogens with zero attached hydrogens (tertiary/aromatic N) is 1. The van der Waals surface area contributed by atoms with Crippen molar-refractivity contribution in [2.75, 3.05) is 6.61 Å². The van der Waals surface area contributed by atoms with Gasteiger partial charge in [0, 0.05) is 11.6 Å². The van der Waals surface area contributed by atoms with Crippen molar-refractivity contribution >= 4 is 10.9 Å². The number of hydrogen-bond donors (Lipinski definition) is 2. The van der Waals surface area contributed by atoms with Crippen LogP contribution in [0.3, 0.4) is 0 Å². The largest absolute Gasteiger partial charge is 0.394 e. The summed E-state index contributed by atoms with van der Waals surface area (Å²) in [5, 5.41) is 18.5. The molecule has 0 radical (unpaired) electrons. The average molecular weight is 209 g/mol. The number of aromatic nitrogens is 1. The van der Waals surface area contributed by atoms with E-state index in [-0.39, 0.29) is 19.0 Å². The van der Waals surface area contributed by atoms with Gasteiger partial charge in [0.15, 0.2) is 0 Å². The van der Waals surface area contributed by atoms with Gasteiger partial charge in [-0.1, -0.05) is 6.07 Å².